The first-order valence-electron chi connectivity index (χ1n) is 6.41. The van der Waals surface area contributed by atoms with Crippen molar-refractivity contribution in [1.82, 2.24) is 15.6 Å². The Morgan fingerprint density at radius 1 is 1.55 bits per heavy atom. The molecule has 0 saturated heterocycles. The number of furan rings is 1. The van der Waals surface area contributed by atoms with E-state index in [1.54, 1.807) is 6.26 Å². The summed E-state index contributed by atoms with van der Waals surface area (Å²) < 4.78 is 5.37. The van der Waals surface area contributed by atoms with Crippen molar-refractivity contribution < 1.29 is 14.0 Å². The van der Waals surface area contributed by atoms with Crippen LogP contribution in [0.5, 0.6) is 0 Å². The first kappa shape index (κ1) is 14.3. The molecule has 2 rings (SSSR count). The molecule has 108 valence electrons. The van der Waals surface area contributed by atoms with Gasteiger partial charge in [-0.15, -0.1) is 0 Å². The molecule has 0 saturated carbocycles. The number of nitrogens with one attached hydrogen (secondary N) is 2. The normalized spacial score (nSPS) is 16.6. The third kappa shape index (κ3) is 3.45. The van der Waals surface area contributed by atoms with Crippen molar-refractivity contribution in [3.05, 3.63) is 24.2 Å². The van der Waals surface area contributed by atoms with E-state index in [4.69, 9.17) is 4.42 Å². The minimum absolute atomic E-state index is 0.0484. The Labute approximate surface area is 117 Å². The van der Waals surface area contributed by atoms with Gasteiger partial charge in [-0.2, -0.15) is 5.10 Å². The van der Waals surface area contributed by atoms with E-state index in [-0.39, 0.29) is 17.9 Å². The van der Waals surface area contributed by atoms with Gasteiger partial charge in [-0.05, 0) is 26.2 Å². The fraction of sp³-hybridized carbons (Fsp3) is 0.462. The van der Waals surface area contributed by atoms with Crippen LogP contribution in [-0.4, -0.2) is 43.1 Å². The Morgan fingerprint density at radius 3 is 2.90 bits per heavy atom. The second-order valence-corrected chi connectivity index (χ2v) is 4.80. The second-order valence-electron chi connectivity index (χ2n) is 4.80. The van der Waals surface area contributed by atoms with E-state index in [0.717, 1.165) is 5.76 Å². The smallest absolute Gasteiger partial charge is 0.267 e. The maximum atomic E-state index is 12.0. The van der Waals surface area contributed by atoms with E-state index in [1.807, 2.05) is 31.1 Å². The predicted molar refractivity (Wildman–Crippen MR) is 73.0 cm³/mol. The zero-order valence-electron chi connectivity index (χ0n) is 11.5. The number of carbonyl (C=O) groups is 2. The lowest BCUT2D eigenvalue weighted by atomic mass is 10.1. The standard InChI is InChI=1S/C13H18N4O3/c1-17(2)10(11-4-3-7-20-11)8-14-13(19)9-5-6-12(18)16-15-9/h3-4,7,10H,5-6,8H2,1-2H3,(H,14,19)(H,16,18). The summed E-state index contributed by atoms with van der Waals surface area (Å²) in [5, 5.41) is 6.58. The van der Waals surface area contributed by atoms with Crippen LogP contribution in [0.2, 0.25) is 0 Å². The number of nitrogens with zero attached hydrogens (tertiary/aromatic N) is 2. The summed E-state index contributed by atoms with van der Waals surface area (Å²) in [6.45, 7) is 0.409. The van der Waals surface area contributed by atoms with Crippen LogP contribution < -0.4 is 10.7 Å². The van der Waals surface area contributed by atoms with E-state index in [0.29, 0.717) is 25.1 Å². The molecule has 1 aromatic rings. The van der Waals surface area contributed by atoms with Crippen molar-refractivity contribution in [2.75, 3.05) is 20.6 Å². The molecule has 7 nitrogen and oxygen atoms in total. The molecule has 2 heterocycles. The van der Waals surface area contributed by atoms with Gasteiger partial charge in [-0.25, -0.2) is 5.43 Å². The van der Waals surface area contributed by atoms with Crippen molar-refractivity contribution in [2.24, 2.45) is 5.10 Å². The molecule has 1 aliphatic rings. The molecule has 2 N–H and O–H groups in total. The summed E-state index contributed by atoms with van der Waals surface area (Å²) >= 11 is 0. The van der Waals surface area contributed by atoms with Gasteiger partial charge in [0.25, 0.3) is 5.91 Å². The van der Waals surface area contributed by atoms with Crippen LogP contribution in [-0.2, 0) is 9.59 Å². The quantitative estimate of drug-likeness (QED) is 0.809. The molecule has 2 amide bonds. The number of amides is 2. The maximum Gasteiger partial charge on any atom is 0.267 e. The van der Waals surface area contributed by atoms with Crippen molar-refractivity contribution in [3.8, 4) is 0 Å². The van der Waals surface area contributed by atoms with E-state index >= 15 is 0 Å². The van der Waals surface area contributed by atoms with Crippen molar-refractivity contribution in [2.45, 2.75) is 18.9 Å². The van der Waals surface area contributed by atoms with Gasteiger partial charge in [-0.3, -0.25) is 14.5 Å². The molecule has 1 aliphatic heterocycles. The lowest BCUT2D eigenvalue weighted by Gasteiger charge is -2.23. The van der Waals surface area contributed by atoms with E-state index in [9.17, 15) is 9.59 Å². The highest BCUT2D eigenvalue weighted by Gasteiger charge is 2.21. The highest BCUT2D eigenvalue weighted by Crippen LogP contribution is 2.17. The van der Waals surface area contributed by atoms with Crippen molar-refractivity contribution in [1.29, 1.82) is 0 Å². The van der Waals surface area contributed by atoms with Gasteiger partial charge in [0.15, 0.2) is 0 Å². The van der Waals surface area contributed by atoms with Crippen LogP contribution in [0, 0.1) is 0 Å². The lowest BCUT2D eigenvalue weighted by molar-refractivity contribution is -0.121. The largest absolute Gasteiger partial charge is 0.468 e. The molecule has 0 aromatic carbocycles. The number of rotatable bonds is 5. The van der Waals surface area contributed by atoms with E-state index in [1.165, 1.54) is 0 Å². The molecular weight excluding hydrogens is 260 g/mol. The second kappa shape index (κ2) is 6.33. The zero-order valence-corrected chi connectivity index (χ0v) is 11.5. The van der Waals surface area contributed by atoms with Gasteiger partial charge in [-0.1, -0.05) is 0 Å². The molecule has 7 heteroatoms. The molecule has 1 atom stereocenters. The van der Waals surface area contributed by atoms with Crippen molar-refractivity contribution >= 4 is 17.5 Å². The van der Waals surface area contributed by atoms with Crippen LogP contribution in [0.3, 0.4) is 0 Å². The average molecular weight is 278 g/mol. The summed E-state index contributed by atoms with van der Waals surface area (Å²) in [6, 6.07) is 3.64. The summed E-state index contributed by atoms with van der Waals surface area (Å²) in [5.74, 6) is 0.362. The van der Waals surface area contributed by atoms with Crippen molar-refractivity contribution in [3.63, 3.8) is 0 Å². The number of hydrogen-bond donors (Lipinski definition) is 2. The Hall–Kier alpha value is -2.15. The number of likely N-dealkylation sites (N-methyl/N-ethyl adjacent to an activating group) is 1. The minimum atomic E-state index is -0.261. The number of hydrogen-bond acceptors (Lipinski definition) is 5. The molecule has 0 radical (unpaired) electrons. The van der Waals surface area contributed by atoms with E-state index in [2.05, 4.69) is 15.8 Å². The SMILES string of the molecule is CN(C)C(CNC(=O)C1=NNC(=O)CC1)c1ccco1. The average Bonchev–Trinajstić information content (AvgIpc) is 2.93. The van der Waals surface area contributed by atoms with Gasteiger partial charge >= 0.3 is 0 Å². The van der Waals surface area contributed by atoms with Crippen LogP contribution in [0.4, 0.5) is 0 Å². The molecule has 0 spiro atoms. The van der Waals surface area contributed by atoms with Gasteiger partial charge in [0.2, 0.25) is 5.91 Å². The van der Waals surface area contributed by atoms with Gasteiger partial charge in [0.05, 0.1) is 12.3 Å². The van der Waals surface area contributed by atoms with Crippen LogP contribution in [0.25, 0.3) is 0 Å². The third-order valence-electron chi connectivity index (χ3n) is 3.12. The Kier molecular flexibility index (Phi) is 4.52. The molecule has 0 fully saturated rings. The molecule has 0 bridgehead atoms. The highest BCUT2D eigenvalue weighted by molar-refractivity contribution is 6.39. The molecule has 1 unspecified atom stereocenters. The number of carbonyl (C=O) groups excluding carboxylic acids is 2. The Bertz CT molecular complexity index is 508. The highest BCUT2D eigenvalue weighted by atomic mass is 16.3. The van der Waals surface area contributed by atoms with Gasteiger partial charge in [0.1, 0.15) is 11.5 Å². The molecule has 1 aromatic heterocycles. The first-order chi connectivity index (χ1) is 9.58. The topological polar surface area (TPSA) is 86.9 Å². The van der Waals surface area contributed by atoms with Crippen LogP contribution >= 0.6 is 0 Å². The lowest BCUT2D eigenvalue weighted by Crippen LogP contribution is -2.40. The minimum Gasteiger partial charge on any atom is -0.468 e. The molecule has 0 aliphatic carbocycles. The summed E-state index contributed by atoms with van der Waals surface area (Å²) in [6.07, 6.45) is 2.26. The fourth-order valence-corrected chi connectivity index (χ4v) is 1.95. The maximum absolute atomic E-state index is 12.0. The predicted octanol–water partition coefficient (Wildman–Crippen LogP) is 0.265. The zero-order chi connectivity index (χ0) is 14.5. The molecular formula is C13H18N4O3. The van der Waals surface area contributed by atoms with Crippen LogP contribution in [0.15, 0.2) is 27.9 Å². The summed E-state index contributed by atoms with van der Waals surface area (Å²) in [5.41, 5.74) is 2.66. The molecule has 20 heavy (non-hydrogen) atoms. The van der Waals surface area contributed by atoms with Gasteiger partial charge < -0.3 is 9.73 Å². The fourth-order valence-electron chi connectivity index (χ4n) is 1.95. The monoisotopic (exact) mass is 278 g/mol. The van der Waals surface area contributed by atoms with Gasteiger partial charge in [0, 0.05) is 19.4 Å². The Morgan fingerprint density at radius 2 is 2.35 bits per heavy atom. The first-order valence-corrected chi connectivity index (χ1v) is 6.41. The summed E-state index contributed by atoms with van der Waals surface area (Å²) in [4.78, 5) is 24.9. The van der Waals surface area contributed by atoms with Crippen LogP contribution in [0.1, 0.15) is 24.6 Å². The Balaban J connectivity index is 1.93. The van der Waals surface area contributed by atoms with E-state index < -0.39 is 0 Å². The summed E-state index contributed by atoms with van der Waals surface area (Å²) in [7, 11) is 3.83. The number of hydrazone groups is 1. The third-order valence-corrected chi connectivity index (χ3v) is 3.12.